The van der Waals surface area contributed by atoms with Gasteiger partial charge in [-0.25, -0.2) is 0 Å². The molecular weight excluding hydrogens is 471 g/mol. The second-order valence-corrected chi connectivity index (χ2v) is 10.1. The summed E-state index contributed by atoms with van der Waals surface area (Å²) in [5, 5.41) is 13.1. The van der Waals surface area contributed by atoms with Gasteiger partial charge in [-0.2, -0.15) is 13.2 Å². The number of aliphatic hydroxyl groups is 1. The zero-order valence-corrected chi connectivity index (χ0v) is 20.6. The van der Waals surface area contributed by atoms with Crippen LogP contribution in [0.3, 0.4) is 0 Å². The van der Waals surface area contributed by atoms with Crippen LogP contribution in [0, 0.1) is 11.3 Å². The normalized spacial score (nSPS) is 19.8. The molecule has 9 heteroatoms. The molecule has 194 valence electrons. The Bertz CT molecular complexity index is 1110. The average Bonchev–Trinajstić information content (AvgIpc) is 3.20. The summed E-state index contributed by atoms with van der Waals surface area (Å²) in [4.78, 5) is 19.8. The van der Waals surface area contributed by atoms with Crippen LogP contribution in [0.1, 0.15) is 65.5 Å². The maximum atomic E-state index is 13.0. The van der Waals surface area contributed by atoms with Gasteiger partial charge in [0.25, 0.3) is 5.91 Å². The Kier molecular flexibility index (Phi) is 7.43. The summed E-state index contributed by atoms with van der Waals surface area (Å²) in [6.45, 7) is 10.1. The van der Waals surface area contributed by atoms with E-state index < -0.39 is 17.2 Å². The summed E-state index contributed by atoms with van der Waals surface area (Å²) >= 11 is 0. The van der Waals surface area contributed by atoms with Crippen molar-refractivity contribution >= 4 is 5.91 Å². The predicted octanol–water partition coefficient (Wildman–Crippen LogP) is 5.41. The number of fused-ring (bicyclic) bond motifs is 1. The van der Waals surface area contributed by atoms with Crippen molar-refractivity contribution in [3.63, 3.8) is 0 Å². The second kappa shape index (κ2) is 10.2. The molecule has 2 aromatic rings. The number of aromatic nitrogens is 1. The fraction of sp³-hybridized carbons (Fsp3) is 0.481. The number of alkyl halides is 3. The summed E-state index contributed by atoms with van der Waals surface area (Å²) in [6, 6.07) is 7.06. The highest BCUT2D eigenvalue weighted by atomic mass is 19.4. The van der Waals surface area contributed by atoms with E-state index in [-0.39, 0.29) is 30.2 Å². The first-order valence-corrected chi connectivity index (χ1v) is 12.1. The first-order chi connectivity index (χ1) is 17.0. The van der Waals surface area contributed by atoms with E-state index in [2.05, 4.69) is 35.6 Å². The summed E-state index contributed by atoms with van der Waals surface area (Å²) in [6.07, 6.45) is -1.63. The lowest BCUT2D eigenvalue weighted by Gasteiger charge is -2.36. The number of hydrogen-bond donors (Lipinski definition) is 2. The maximum Gasteiger partial charge on any atom is 0.416 e. The van der Waals surface area contributed by atoms with Crippen molar-refractivity contribution in [2.24, 2.45) is 11.3 Å². The van der Waals surface area contributed by atoms with Gasteiger partial charge in [-0.05, 0) is 48.1 Å². The molecule has 1 atom stereocenters. The first-order valence-electron chi connectivity index (χ1n) is 12.1. The number of benzene rings is 1. The monoisotopic (exact) mass is 503 g/mol. The van der Waals surface area contributed by atoms with Crippen molar-refractivity contribution in [3.05, 3.63) is 76.8 Å². The van der Waals surface area contributed by atoms with Gasteiger partial charge in [0, 0.05) is 44.5 Å². The van der Waals surface area contributed by atoms with Crippen LogP contribution in [-0.4, -0.2) is 40.7 Å². The van der Waals surface area contributed by atoms with E-state index in [0.29, 0.717) is 44.7 Å². The second-order valence-electron chi connectivity index (χ2n) is 10.1. The Morgan fingerprint density at radius 2 is 1.94 bits per heavy atom. The van der Waals surface area contributed by atoms with Crippen molar-refractivity contribution in [1.29, 1.82) is 0 Å². The molecule has 1 saturated heterocycles. The molecular formula is C27H32F3N3O3. The van der Waals surface area contributed by atoms with Crippen LogP contribution in [0.15, 0.2) is 48.9 Å². The third-order valence-corrected chi connectivity index (χ3v) is 7.26. The number of aliphatic hydroxyl groups excluding tert-OH is 1. The van der Waals surface area contributed by atoms with Gasteiger partial charge in [0.2, 0.25) is 0 Å². The number of nitrogens with one attached hydrogen (secondary N) is 1. The molecule has 2 aliphatic heterocycles. The molecule has 1 aromatic carbocycles. The highest BCUT2D eigenvalue weighted by Gasteiger charge is 2.37. The Hall–Kier alpha value is -2.91. The van der Waals surface area contributed by atoms with Crippen LogP contribution in [0.25, 0.3) is 0 Å². The lowest BCUT2D eigenvalue weighted by molar-refractivity contribution is -0.137. The molecule has 36 heavy (non-hydrogen) atoms. The van der Waals surface area contributed by atoms with Crippen LogP contribution < -0.4 is 5.32 Å². The molecule has 0 aliphatic carbocycles. The van der Waals surface area contributed by atoms with Crippen LogP contribution in [-0.2, 0) is 24.0 Å². The van der Waals surface area contributed by atoms with Gasteiger partial charge in [-0.15, -0.1) is 0 Å². The largest absolute Gasteiger partial charge is 0.512 e. The molecule has 2 aliphatic rings. The smallest absolute Gasteiger partial charge is 0.416 e. The average molecular weight is 504 g/mol. The molecule has 1 fully saturated rings. The minimum atomic E-state index is -4.36. The number of carbonyl (C=O) groups excluding carboxylic acids is 1. The molecule has 2 N–H and O–H groups in total. The van der Waals surface area contributed by atoms with E-state index in [4.69, 9.17) is 4.74 Å². The van der Waals surface area contributed by atoms with Gasteiger partial charge in [-0.1, -0.05) is 32.6 Å². The third kappa shape index (κ3) is 5.42. The summed E-state index contributed by atoms with van der Waals surface area (Å²) < 4.78 is 44.2. The number of ether oxygens (including phenoxy) is 1. The highest BCUT2D eigenvalue weighted by Crippen LogP contribution is 2.39. The predicted molar refractivity (Wildman–Crippen MR) is 129 cm³/mol. The van der Waals surface area contributed by atoms with Gasteiger partial charge in [0.05, 0.1) is 28.6 Å². The molecule has 0 saturated carbocycles. The third-order valence-electron chi connectivity index (χ3n) is 7.26. The van der Waals surface area contributed by atoms with Crippen LogP contribution in [0.4, 0.5) is 13.2 Å². The molecule has 0 bridgehead atoms. The van der Waals surface area contributed by atoms with Gasteiger partial charge < -0.3 is 15.2 Å². The lowest BCUT2D eigenvalue weighted by atomic mass is 9.78. The van der Waals surface area contributed by atoms with Gasteiger partial charge in [0.1, 0.15) is 0 Å². The van der Waals surface area contributed by atoms with E-state index in [1.165, 1.54) is 12.1 Å². The van der Waals surface area contributed by atoms with Crippen molar-refractivity contribution in [2.45, 2.75) is 52.0 Å². The van der Waals surface area contributed by atoms with E-state index in [9.17, 15) is 23.1 Å². The lowest BCUT2D eigenvalue weighted by Crippen LogP contribution is -2.42. The van der Waals surface area contributed by atoms with Gasteiger partial charge >= 0.3 is 6.18 Å². The summed E-state index contributed by atoms with van der Waals surface area (Å²) in [5.41, 5.74) is 1.77. The van der Waals surface area contributed by atoms with Crippen molar-refractivity contribution in [3.8, 4) is 0 Å². The van der Waals surface area contributed by atoms with Gasteiger partial charge in [0.15, 0.2) is 0 Å². The van der Waals surface area contributed by atoms with E-state index in [0.717, 1.165) is 29.0 Å². The molecule has 0 radical (unpaired) electrons. The zero-order valence-electron chi connectivity index (χ0n) is 20.6. The fourth-order valence-corrected chi connectivity index (χ4v) is 5.13. The molecule has 4 rings (SSSR count). The quantitative estimate of drug-likeness (QED) is 0.494. The Labute approximate surface area is 209 Å². The topological polar surface area (TPSA) is 74.7 Å². The van der Waals surface area contributed by atoms with E-state index >= 15 is 0 Å². The maximum absolute atomic E-state index is 13.0. The van der Waals surface area contributed by atoms with Gasteiger partial charge in [-0.3, -0.25) is 14.7 Å². The highest BCUT2D eigenvalue weighted by molar-refractivity contribution is 5.94. The number of rotatable bonds is 7. The molecule has 1 aromatic heterocycles. The summed E-state index contributed by atoms with van der Waals surface area (Å²) in [5.74, 6) is -0.00612. The first kappa shape index (κ1) is 26.2. The van der Waals surface area contributed by atoms with Crippen molar-refractivity contribution in [1.82, 2.24) is 15.2 Å². The van der Waals surface area contributed by atoms with Crippen molar-refractivity contribution < 1.29 is 27.8 Å². The number of hydrogen-bond acceptors (Lipinski definition) is 5. The molecule has 3 heterocycles. The van der Waals surface area contributed by atoms with Crippen LogP contribution in [0.5, 0.6) is 0 Å². The minimum Gasteiger partial charge on any atom is -0.512 e. The molecule has 1 amide bonds. The fourth-order valence-electron chi connectivity index (χ4n) is 5.13. The number of carbonyl (C=O) groups is 1. The molecule has 6 nitrogen and oxygen atoms in total. The van der Waals surface area contributed by atoms with Crippen LogP contribution in [0.2, 0.25) is 0 Å². The summed E-state index contributed by atoms with van der Waals surface area (Å²) in [7, 11) is 0. The number of pyridine rings is 1. The Balaban J connectivity index is 1.47. The Morgan fingerprint density at radius 1 is 1.28 bits per heavy atom. The minimum absolute atomic E-state index is 0.0115. The SMILES string of the molecule is C=C(O)C1(CNC(=O)c2cnc3c(c2)CN(Cc2ccc(C(F)(F)F)cc2)[C@H]3C(C)C)CCOCC1. The van der Waals surface area contributed by atoms with Crippen molar-refractivity contribution in [2.75, 3.05) is 19.8 Å². The number of nitrogens with zero attached hydrogens (tertiary/aromatic N) is 2. The standard InChI is InChI=1S/C27H32F3N3O3/c1-17(2)24-23-21(15-33(24)14-19-4-6-22(7-5-19)27(28,29)30)12-20(13-31-23)25(35)32-16-26(18(3)34)8-10-36-11-9-26/h4-7,12-13,17,24,34H,3,8-11,14-16H2,1-2H3,(H,32,35)/t24-/m0/s1. The number of halogens is 3. The zero-order chi connectivity index (χ0) is 26.1. The van der Waals surface area contributed by atoms with Crippen LogP contribution >= 0.6 is 0 Å². The Morgan fingerprint density at radius 3 is 2.53 bits per heavy atom. The molecule has 0 unspecified atom stereocenters. The van der Waals surface area contributed by atoms with E-state index in [1.807, 2.05) is 6.07 Å². The number of amides is 1. The molecule has 0 spiro atoms. The van der Waals surface area contributed by atoms with E-state index in [1.54, 1.807) is 6.20 Å².